The summed E-state index contributed by atoms with van der Waals surface area (Å²) in [7, 11) is 1.60. The Labute approximate surface area is 132 Å². The molecule has 1 amide bonds. The SMILES string of the molecule is COc1ccc(C(NC(=O)c2ccc([N+](=O)[O-])o2)C2CC2)cc1. The number of amides is 1. The predicted molar refractivity (Wildman–Crippen MR) is 81.3 cm³/mol. The van der Waals surface area contributed by atoms with Gasteiger partial charge in [0.15, 0.2) is 5.76 Å². The van der Waals surface area contributed by atoms with Crippen molar-refractivity contribution in [3.63, 3.8) is 0 Å². The van der Waals surface area contributed by atoms with Crippen molar-refractivity contribution in [2.24, 2.45) is 5.92 Å². The van der Waals surface area contributed by atoms with Crippen LogP contribution in [0.5, 0.6) is 5.75 Å². The molecule has 120 valence electrons. The molecule has 2 aromatic rings. The molecule has 1 N–H and O–H groups in total. The van der Waals surface area contributed by atoms with Crippen LogP contribution in [0.4, 0.5) is 5.88 Å². The minimum Gasteiger partial charge on any atom is -0.497 e. The summed E-state index contributed by atoms with van der Waals surface area (Å²) in [4.78, 5) is 22.2. The monoisotopic (exact) mass is 316 g/mol. The van der Waals surface area contributed by atoms with Crippen LogP contribution in [0, 0.1) is 16.0 Å². The third-order valence-electron chi connectivity index (χ3n) is 3.85. The Kier molecular flexibility index (Phi) is 4.01. The highest BCUT2D eigenvalue weighted by molar-refractivity contribution is 5.92. The van der Waals surface area contributed by atoms with Gasteiger partial charge in [0.05, 0.1) is 19.2 Å². The van der Waals surface area contributed by atoms with Crippen LogP contribution in [-0.2, 0) is 0 Å². The number of nitro groups is 1. The maximum atomic E-state index is 12.3. The molecule has 0 radical (unpaired) electrons. The highest BCUT2D eigenvalue weighted by Gasteiger charge is 2.34. The zero-order chi connectivity index (χ0) is 16.4. The van der Waals surface area contributed by atoms with Gasteiger partial charge in [0.2, 0.25) is 0 Å². The van der Waals surface area contributed by atoms with Gasteiger partial charge >= 0.3 is 5.88 Å². The summed E-state index contributed by atoms with van der Waals surface area (Å²) in [6.45, 7) is 0. The van der Waals surface area contributed by atoms with Gasteiger partial charge in [-0.15, -0.1) is 0 Å². The summed E-state index contributed by atoms with van der Waals surface area (Å²) >= 11 is 0. The molecule has 1 aliphatic carbocycles. The fraction of sp³-hybridized carbons (Fsp3) is 0.312. The first-order valence-corrected chi connectivity index (χ1v) is 7.27. The number of nitrogens with zero attached hydrogens (tertiary/aromatic N) is 1. The predicted octanol–water partition coefficient (Wildman–Crippen LogP) is 3.08. The van der Waals surface area contributed by atoms with E-state index in [0.29, 0.717) is 5.92 Å². The quantitative estimate of drug-likeness (QED) is 0.653. The lowest BCUT2D eigenvalue weighted by molar-refractivity contribution is -0.402. The van der Waals surface area contributed by atoms with E-state index in [1.807, 2.05) is 24.3 Å². The van der Waals surface area contributed by atoms with Gasteiger partial charge in [-0.3, -0.25) is 14.9 Å². The number of carbonyl (C=O) groups is 1. The van der Waals surface area contributed by atoms with Crippen molar-refractivity contribution in [1.82, 2.24) is 5.32 Å². The van der Waals surface area contributed by atoms with E-state index < -0.39 is 16.7 Å². The van der Waals surface area contributed by atoms with Crippen LogP contribution in [-0.4, -0.2) is 17.9 Å². The van der Waals surface area contributed by atoms with Crippen LogP contribution in [0.2, 0.25) is 0 Å². The Morgan fingerprint density at radius 1 is 1.30 bits per heavy atom. The number of hydrogen-bond donors (Lipinski definition) is 1. The maximum absolute atomic E-state index is 12.3. The third kappa shape index (κ3) is 3.33. The number of hydrogen-bond acceptors (Lipinski definition) is 5. The summed E-state index contributed by atoms with van der Waals surface area (Å²) < 4.78 is 10.1. The Morgan fingerprint density at radius 2 is 2.00 bits per heavy atom. The van der Waals surface area contributed by atoms with Crippen LogP contribution in [0.1, 0.15) is 35.0 Å². The van der Waals surface area contributed by atoms with E-state index in [0.717, 1.165) is 24.2 Å². The molecule has 1 aliphatic rings. The molecule has 1 aromatic carbocycles. The van der Waals surface area contributed by atoms with Gasteiger partial charge < -0.3 is 14.5 Å². The second kappa shape index (κ2) is 6.12. The highest BCUT2D eigenvalue weighted by atomic mass is 16.6. The largest absolute Gasteiger partial charge is 0.497 e. The minimum atomic E-state index is -0.668. The molecule has 1 atom stereocenters. The van der Waals surface area contributed by atoms with E-state index in [1.54, 1.807) is 7.11 Å². The molecule has 7 heteroatoms. The van der Waals surface area contributed by atoms with E-state index in [4.69, 9.17) is 9.15 Å². The molecule has 1 saturated carbocycles. The van der Waals surface area contributed by atoms with Crippen LogP contribution in [0.25, 0.3) is 0 Å². The van der Waals surface area contributed by atoms with Crippen molar-refractivity contribution in [2.45, 2.75) is 18.9 Å². The van der Waals surface area contributed by atoms with Crippen molar-refractivity contribution in [1.29, 1.82) is 0 Å². The first-order chi connectivity index (χ1) is 11.1. The fourth-order valence-electron chi connectivity index (χ4n) is 2.47. The van der Waals surface area contributed by atoms with Crippen molar-refractivity contribution in [3.05, 3.63) is 57.8 Å². The molecular weight excluding hydrogens is 300 g/mol. The molecule has 0 saturated heterocycles. The van der Waals surface area contributed by atoms with Gasteiger partial charge in [-0.05, 0) is 42.5 Å². The van der Waals surface area contributed by atoms with Gasteiger partial charge in [-0.1, -0.05) is 12.1 Å². The van der Waals surface area contributed by atoms with E-state index in [9.17, 15) is 14.9 Å². The topological polar surface area (TPSA) is 94.6 Å². The first kappa shape index (κ1) is 15.1. The maximum Gasteiger partial charge on any atom is 0.433 e. The zero-order valence-corrected chi connectivity index (χ0v) is 12.5. The molecule has 0 aliphatic heterocycles. The lowest BCUT2D eigenvalue weighted by atomic mass is 10.0. The van der Waals surface area contributed by atoms with Crippen LogP contribution in [0.15, 0.2) is 40.8 Å². The highest BCUT2D eigenvalue weighted by Crippen LogP contribution is 2.41. The number of ether oxygens (including phenoxy) is 1. The number of benzene rings is 1. The normalized spacial score (nSPS) is 15.0. The molecular formula is C16H16N2O5. The second-order valence-corrected chi connectivity index (χ2v) is 5.46. The Morgan fingerprint density at radius 3 is 2.52 bits per heavy atom. The smallest absolute Gasteiger partial charge is 0.433 e. The van der Waals surface area contributed by atoms with Crippen molar-refractivity contribution in [2.75, 3.05) is 7.11 Å². The third-order valence-corrected chi connectivity index (χ3v) is 3.85. The van der Waals surface area contributed by atoms with Crippen molar-refractivity contribution in [3.8, 4) is 5.75 Å². The molecule has 0 spiro atoms. The average Bonchev–Trinajstić information content (AvgIpc) is 3.27. The van der Waals surface area contributed by atoms with Gasteiger partial charge in [-0.2, -0.15) is 0 Å². The van der Waals surface area contributed by atoms with Gasteiger partial charge in [0.1, 0.15) is 10.7 Å². The summed E-state index contributed by atoms with van der Waals surface area (Å²) in [6.07, 6.45) is 2.07. The lowest BCUT2D eigenvalue weighted by Gasteiger charge is -2.18. The molecule has 1 heterocycles. The number of nitrogens with one attached hydrogen (secondary N) is 1. The van der Waals surface area contributed by atoms with Crippen LogP contribution in [0.3, 0.4) is 0 Å². The summed E-state index contributed by atoms with van der Waals surface area (Å²) in [5.41, 5.74) is 0.975. The van der Waals surface area contributed by atoms with Crippen molar-refractivity contribution < 1.29 is 18.9 Å². The number of methoxy groups -OCH3 is 1. The molecule has 1 unspecified atom stereocenters. The molecule has 3 rings (SSSR count). The average molecular weight is 316 g/mol. The molecule has 1 fully saturated rings. The number of rotatable bonds is 6. The van der Waals surface area contributed by atoms with Gasteiger partial charge in [-0.25, -0.2) is 0 Å². The molecule has 1 aromatic heterocycles. The first-order valence-electron chi connectivity index (χ1n) is 7.27. The summed E-state index contributed by atoms with van der Waals surface area (Å²) in [5, 5.41) is 13.5. The molecule has 0 bridgehead atoms. The van der Waals surface area contributed by atoms with Gasteiger partial charge in [0.25, 0.3) is 5.91 Å². The molecule has 7 nitrogen and oxygen atoms in total. The van der Waals surface area contributed by atoms with Crippen LogP contribution < -0.4 is 10.1 Å². The summed E-state index contributed by atoms with van der Waals surface area (Å²) in [6, 6.07) is 9.85. The number of furan rings is 1. The van der Waals surface area contributed by atoms with Gasteiger partial charge in [0, 0.05) is 0 Å². The minimum absolute atomic E-state index is 0.0594. The molecule has 23 heavy (non-hydrogen) atoms. The second-order valence-electron chi connectivity index (χ2n) is 5.46. The Balaban J connectivity index is 1.76. The Bertz CT molecular complexity index is 718. The zero-order valence-electron chi connectivity index (χ0n) is 12.5. The van der Waals surface area contributed by atoms with E-state index in [-0.39, 0.29) is 11.8 Å². The fourth-order valence-corrected chi connectivity index (χ4v) is 2.47. The summed E-state index contributed by atoms with van der Waals surface area (Å²) in [5.74, 6) is 0.165. The van der Waals surface area contributed by atoms with E-state index in [1.165, 1.54) is 12.1 Å². The van der Waals surface area contributed by atoms with Crippen LogP contribution >= 0.6 is 0 Å². The van der Waals surface area contributed by atoms with Crippen molar-refractivity contribution >= 4 is 11.8 Å². The Hall–Kier alpha value is -2.83. The van der Waals surface area contributed by atoms with E-state index in [2.05, 4.69) is 5.32 Å². The van der Waals surface area contributed by atoms with E-state index >= 15 is 0 Å². The lowest BCUT2D eigenvalue weighted by Crippen LogP contribution is -2.29. The number of carbonyl (C=O) groups excluding carboxylic acids is 1. The standard InChI is InChI=1S/C16H16N2O5/c1-22-12-6-4-11(5-7-12)15(10-2-3-10)17-16(19)13-8-9-14(23-13)18(20)21/h4-10,15H,2-3H2,1H3,(H,17,19).